The molecule has 0 fully saturated rings. The number of alkyl carbamates (subject to hydrolysis) is 1. The smallest absolute Gasteiger partial charge is 0.407 e. The van der Waals surface area contributed by atoms with Crippen molar-refractivity contribution in [2.75, 3.05) is 6.61 Å². The Bertz CT molecular complexity index is 712. The zero-order valence-corrected chi connectivity index (χ0v) is 19.7. The van der Waals surface area contributed by atoms with E-state index in [1.807, 2.05) is 0 Å². The quantitative estimate of drug-likeness (QED) is 0.427. The molecule has 29 heavy (non-hydrogen) atoms. The molecule has 0 bridgehead atoms. The van der Waals surface area contributed by atoms with E-state index in [0.717, 1.165) is 6.07 Å². The Balaban J connectivity index is 2.92. The number of amides is 1. The normalized spacial score (nSPS) is 13.9. The van der Waals surface area contributed by atoms with E-state index in [2.05, 4.69) is 39.2 Å². The third kappa shape index (κ3) is 8.38. The molecular formula is C21H34F3NO3Si. The van der Waals surface area contributed by atoms with Crippen LogP contribution in [0.15, 0.2) is 12.1 Å². The number of nitrogens with one attached hydrogen (secondary N) is 1. The van der Waals surface area contributed by atoms with Crippen molar-refractivity contribution >= 4 is 14.4 Å². The minimum Gasteiger partial charge on any atom is -0.444 e. The third-order valence-corrected chi connectivity index (χ3v) is 9.55. The van der Waals surface area contributed by atoms with Gasteiger partial charge in [0.25, 0.3) is 0 Å². The first-order valence-electron chi connectivity index (χ1n) is 9.79. The lowest BCUT2D eigenvalue weighted by Gasteiger charge is -2.36. The lowest BCUT2D eigenvalue weighted by molar-refractivity contribution is 0.0497. The summed E-state index contributed by atoms with van der Waals surface area (Å²) in [5.74, 6) is -3.23. The standard InChI is InChI=1S/C21H34F3NO3Si/c1-20(2,3)28-19(26)25-15(9-10-27-29(7,8)21(4,5)6)11-14-12-17(23)18(24)13-16(14)22/h12-13,15H,9-11H2,1-8H3,(H,25,26)/t15-/m0/s1. The molecule has 8 heteroatoms. The summed E-state index contributed by atoms with van der Waals surface area (Å²) < 4.78 is 52.3. The number of rotatable bonds is 7. The molecule has 1 N–H and O–H groups in total. The summed E-state index contributed by atoms with van der Waals surface area (Å²) in [5, 5.41) is 2.72. The van der Waals surface area contributed by atoms with Crippen LogP contribution < -0.4 is 5.32 Å². The van der Waals surface area contributed by atoms with Gasteiger partial charge in [0.05, 0.1) is 0 Å². The van der Waals surface area contributed by atoms with Crippen LogP contribution in [0.25, 0.3) is 0 Å². The van der Waals surface area contributed by atoms with Crippen molar-refractivity contribution in [1.82, 2.24) is 5.32 Å². The van der Waals surface area contributed by atoms with Crippen LogP contribution in [0.1, 0.15) is 53.5 Å². The third-order valence-electron chi connectivity index (χ3n) is 5.01. The lowest BCUT2D eigenvalue weighted by Crippen LogP contribution is -2.44. The maximum Gasteiger partial charge on any atom is 0.407 e. The Morgan fingerprint density at radius 2 is 1.59 bits per heavy atom. The van der Waals surface area contributed by atoms with Gasteiger partial charge in [0.15, 0.2) is 20.0 Å². The molecule has 1 aromatic rings. The molecule has 0 aliphatic carbocycles. The van der Waals surface area contributed by atoms with Crippen molar-refractivity contribution in [3.8, 4) is 0 Å². The molecule has 4 nitrogen and oxygen atoms in total. The van der Waals surface area contributed by atoms with E-state index in [0.29, 0.717) is 19.1 Å². The van der Waals surface area contributed by atoms with Crippen LogP contribution in [0.3, 0.4) is 0 Å². The molecule has 1 aromatic carbocycles. The average Bonchev–Trinajstić information content (AvgIpc) is 2.49. The predicted molar refractivity (Wildman–Crippen MR) is 111 cm³/mol. The Morgan fingerprint density at radius 3 is 2.10 bits per heavy atom. The number of benzene rings is 1. The zero-order chi connectivity index (χ0) is 22.6. The fourth-order valence-corrected chi connectivity index (χ4v) is 3.42. The molecular weight excluding hydrogens is 399 g/mol. The summed E-state index contributed by atoms with van der Waals surface area (Å²) in [5.41, 5.74) is -0.711. The minimum atomic E-state index is -2.00. The summed E-state index contributed by atoms with van der Waals surface area (Å²) in [6.07, 6.45) is -0.286. The zero-order valence-electron chi connectivity index (χ0n) is 18.7. The highest BCUT2D eigenvalue weighted by Crippen LogP contribution is 2.36. The van der Waals surface area contributed by atoms with E-state index >= 15 is 0 Å². The van der Waals surface area contributed by atoms with E-state index in [9.17, 15) is 18.0 Å². The van der Waals surface area contributed by atoms with Gasteiger partial charge in [-0.05, 0) is 63.4 Å². The highest BCUT2D eigenvalue weighted by Gasteiger charge is 2.37. The molecule has 166 valence electrons. The molecule has 1 atom stereocenters. The molecule has 0 radical (unpaired) electrons. The van der Waals surface area contributed by atoms with Gasteiger partial charge in [0.2, 0.25) is 0 Å². The number of carbonyl (C=O) groups excluding carboxylic acids is 1. The van der Waals surface area contributed by atoms with E-state index in [4.69, 9.17) is 9.16 Å². The van der Waals surface area contributed by atoms with Gasteiger partial charge < -0.3 is 14.5 Å². The monoisotopic (exact) mass is 433 g/mol. The summed E-state index contributed by atoms with van der Waals surface area (Å²) in [6, 6.07) is 0.777. The predicted octanol–water partition coefficient (Wildman–Crippen LogP) is 5.95. The van der Waals surface area contributed by atoms with Gasteiger partial charge in [-0.25, -0.2) is 18.0 Å². The number of hydrogen-bond donors (Lipinski definition) is 1. The van der Waals surface area contributed by atoms with Crippen LogP contribution in [-0.4, -0.2) is 32.7 Å². The van der Waals surface area contributed by atoms with Gasteiger partial charge in [-0.1, -0.05) is 20.8 Å². The summed E-state index contributed by atoms with van der Waals surface area (Å²) in [7, 11) is -2.00. The van der Waals surface area contributed by atoms with Gasteiger partial charge in [0.1, 0.15) is 11.4 Å². The van der Waals surface area contributed by atoms with Crippen LogP contribution in [0, 0.1) is 17.5 Å². The Labute approximate surface area is 173 Å². The van der Waals surface area contributed by atoms with Crippen molar-refractivity contribution in [2.24, 2.45) is 0 Å². The maximum atomic E-state index is 14.1. The van der Waals surface area contributed by atoms with Gasteiger partial charge in [-0.3, -0.25) is 0 Å². The SMILES string of the molecule is CC(C)(C)OC(=O)N[C@@H](CCO[Si](C)(C)C(C)(C)C)Cc1cc(F)c(F)cc1F. The molecule has 0 saturated heterocycles. The largest absolute Gasteiger partial charge is 0.444 e. The van der Waals surface area contributed by atoms with Crippen molar-refractivity contribution < 1.29 is 27.1 Å². The van der Waals surface area contributed by atoms with Crippen molar-refractivity contribution in [3.05, 3.63) is 35.1 Å². The van der Waals surface area contributed by atoms with Crippen LogP contribution in [0.4, 0.5) is 18.0 Å². The van der Waals surface area contributed by atoms with Crippen molar-refractivity contribution in [2.45, 2.75) is 84.2 Å². The summed E-state index contributed by atoms with van der Waals surface area (Å²) in [4.78, 5) is 12.2. The summed E-state index contributed by atoms with van der Waals surface area (Å²) in [6.45, 7) is 16.1. The van der Waals surface area contributed by atoms with Crippen LogP contribution in [0.5, 0.6) is 0 Å². The number of halogens is 3. The first-order chi connectivity index (χ1) is 13.0. The first-order valence-corrected chi connectivity index (χ1v) is 12.7. The van der Waals surface area contributed by atoms with Gasteiger partial charge in [-0.15, -0.1) is 0 Å². The first kappa shape index (κ1) is 25.5. The molecule has 0 aliphatic heterocycles. The maximum absolute atomic E-state index is 14.1. The average molecular weight is 434 g/mol. The van der Waals surface area contributed by atoms with Gasteiger partial charge in [0, 0.05) is 18.7 Å². The Kier molecular flexibility index (Phi) is 8.36. The Hall–Kier alpha value is -1.54. The fraction of sp³-hybridized carbons (Fsp3) is 0.667. The lowest BCUT2D eigenvalue weighted by atomic mass is 10.0. The van der Waals surface area contributed by atoms with Crippen molar-refractivity contribution in [1.29, 1.82) is 0 Å². The van der Waals surface area contributed by atoms with E-state index in [-0.39, 0.29) is 17.0 Å². The number of ether oxygens (including phenoxy) is 1. The van der Waals surface area contributed by atoms with Gasteiger partial charge in [-0.2, -0.15) is 0 Å². The second-order valence-corrected chi connectivity index (χ2v) is 14.6. The molecule has 1 amide bonds. The van der Waals surface area contributed by atoms with Crippen molar-refractivity contribution in [3.63, 3.8) is 0 Å². The Morgan fingerprint density at radius 1 is 1.03 bits per heavy atom. The van der Waals surface area contributed by atoms with Crippen LogP contribution in [0.2, 0.25) is 18.1 Å². The molecule has 0 saturated carbocycles. The van der Waals surface area contributed by atoms with Crippen LogP contribution >= 0.6 is 0 Å². The van der Waals surface area contributed by atoms with Gasteiger partial charge >= 0.3 is 6.09 Å². The second kappa shape index (κ2) is 9.51. The molecule has 0 aromatic heterocycles. The fourth-order valence-electron chi connectivity index (χ4n) is 2.36. The second-order valence-electron chi connectivity index (χ2n) is 9.80. The van der Waals surface area contributed by atoms with E-state index in [1.165, 1.54) is 0 Å². The van der Waals surface area contributed by atoms with Crippen LogP contribution in [-0.2, 0) is 15.6 Å². The molecule has 1 rings (SSSR count). The number of carbonyl (C=O) groups is 1. The minimum absolute atomic E-state index is 0.0108. The highest BCUT2D eigenvalue weighted by molar-refractivity contribution is 6.74. The molecule has 0 heterocycles. The molecule has 0 aliphatic rings. The topological polar surface area (TPSA) is 47.6 Å². The number of hydrogen-bond acceptors (Lipinski definition) is 3. The highest BCUT2D eigenvalue weighted by atomic mass is 28.4. The molecule has 0 unspecified atom stereocenters. The summed E-state index contributed by atoms with van der Waals surface area (Å²) >= 11 is 0. The van der Waals surface area contributed by atoms with E-state index in [1.54, 1.807) is 20.8 Å². The van der Waals surface area contributed by atoms with E-state index < -0.39 is 43.5 Å². The molecule has 0 spiro atoms.